The lowest BCUT2D eigenvalue weighted by atomic mass is 9.81. The van der Waals surface area contributed by atoms with Crippen molar-refractivity contribution in [1.29, 1.82) is 0 Å². The predicted octanol–water partition coefficient (Wildman–Crippen LogP) is 2.83. The molecule has 1 aliphatic rings. The van der Waals surface area contributed by atoms with Gasteiger partial charge in [-0.1, -0.05) is 12.1 Å². The minimum absolute atomic E-state index is 0.264. The minimum atomic E-state index is -0.508. The summed E-state index contributed by atoms with van der Waals surface area (Å²) in [6.45, 7) is 8.05. The maximum absolute atomic E-state index is 13.1. The standard InChI is InChI=1S/C18H19BFN3O2/c1-17(2)18(3,4)25-19(24-17)15-10-22-23-11-13(9-21-16(15)23)12-5-7-14(20)8-6-12/h5-11H,1-4H3. The third kappa shape index (κ3) is 2.64. The van der Waals surface area contributed by atoms with E-state index in [2.05, 4.69) is 10.1 Å². The molecule has 7 heteroatoms. The molecular formula is C18H19BFN3O2. The van der Waals surface area contributed by atoms with Crippen LogP contribution in [-0.2, 0) is 9.31 Å². The van der Waals surface area contributed by atoms with Gasteiger partial charge in [0.15, 0.2) is 5.65 Å². The van der Waals surface area contributed by atoms with Crippen LogP contribution < -0.4 is 5.46 Å². The van der Waals surface area contributed by atoms with E-state index in [0.717, 1.165) is 16.6 Å². The molecule has 3 aromatic rings. The van der Waals surface area contributed by atoms with Gasteiger partial charge < -0.3 is 9.31 Å². The normalized spacial score (nSPS) is 18.8. The second-order valence-corrected chi connectivity index (χ2v) is 7.31. The molecule has 0 aliphatic carbocycles. The van der Waals surface area contributed by atoms with E-state index in [1.165, 1.54) is 12.1 Å². The highest BCUT2D eigenvalue weighted by atomic mass is 19.1. The van der Waals surface area contributed by atoms with Crippen LogP contribution in [-0.4, -0.2) is 32.9 Å². The summed E-state index contributed by atoms with van der Waals surface area (Å²) >= 11 is 0. The van der Waals surface area contributed by atoms with Crippen molar-refractivity contribution < 1.29 is 13.7 Å². The molecule has 128 valence electrons. The van der Waals surface area contributed by atoms with E-state index in [0.29, 0.717) is 5.65 Å². The number of fused-ring (bicyclic) bond motifs is 1. The van der Waals surface area contributed by atoms with Crippen LogP contribution in [0.15, 0.2) is 42.9 Å². The average molecular weight is 339 g/mol. The first-order valence-electron chi connectivity index (χ1n) is 8.22. The Morgan fingerprint density at radius 3 is 2.24 bits per heavy atom. The molecule has 0 spiro atoms. The molecule has 0 saturated carbocycles. The Morgan fingerprint density at radius 1 is 0.960 bits per heavy atom. The largest absolute Gasteiger partial charge is 0.500 e. The average Bonchev–Trinajstić information content (AvgIpc) is 3.05. The molecule has 1 fully saturated rings. The number of rotatable bonds is 2. The zero-order chi connectivity index (χ0) is 17.8. The number of nitrogens with zero attached hydrogens (tertiary/aromatic N) is 3. The van der Waals surface area contributed by atoms with Gasteiger partial charge in [-0.2, -0.15) is 5.10 Å². The summed E-state index contributed by atoms with van der Waals surface area (Å²) in [5, 5.41) is 4.38. The second kappa shape index (κ2) is 5.38. The predicted molar refractivity (Wildman–Crippen MR) is 94.1 cm³/mol. The molecule has 5 nitrogen and oxygen atoms in total. The molecule has 0 atom stereocenters. The van der Waals surface area contributed by atoms with Crippen LogP contribution in [0.4, 0.5) is 4.39 Å². The quantitative estimate of drug-likeness (QED) is 0.674. The highest BCUT2D eigenvalue weighted by Gasteiger charge is 2.52. The molecule has 0 N–H and O–H groups in total. The summed E-state index contributed by atoms with van der Waals surface area (Å²) < 4.78 is 27.0. The molecule has 0 bridgehead atoms. The Labute approximate surface area is 145 Å². The number of aromatic nitrogens is 3. The molecule has 3 heterocycles. The minimum Gasteiger partial charge on any atom is -0.399 e. The summed E-state index contributed by atoms with van der Waals surface area (Å²) in [6, 6.07) is 6.30. The number of hydrogen-bond donors (Lipinski definition) is 0. The summed E-state index contributed by atoms with van der Waals surface area (Å²) in [4.78, 5) is 4.53. The van der Waals surface area contributed by atoms with E-state index in [-0.39, 0.29) is 5.82 Å². The molecule has 0 radical (unpaired) electrons. The van der Waals surface area contributed by atoms with Crippen molar-refractivity contribution in [3.63, 3.8) is 0 Å². The molecule has 1 aromatic carbocycles. The Balaban J connectivity index is 1.71. The van der Waals surface area contributed by atoms with Gasteiger partial charge in [0.25, 0.3) is 0 Å². The van der Waals surface area contributed by atoms with Gasteiger partial charge in [-0.15, -0.1) is 0 Å². The van der Waals surface area contributed by atoms with E-state index in [1.807, 2.05) is 33.9 Å². The Hall–Kier alpha value is -2.25. The Kier molecular flexibility index (Phi) is 3.49. The van der Waals surface area contributed by atoms with E-state index in [9.17, 15) is 4.39 Å². The molecule has 2 aromatic heterocycles. The van der Waals surface area contributed by atoms with Gasteiger partial charge in [-0.25, -0.2) is 13.9 Å². The van der Waals surface area contributed by atoms with Crippen molar-refractivity contribution in [3.05, 3.63) is 48.7 Å². The molecule has 1 aliphatic heterocycles. The van der Waals surface area contributed by atoms with Crippen molar-refractivity contribution in [2.24, 2.45) is 0 Å². The highest BCUT2D eigenvalue weighted by Crippen LogP contribution is 2.36. The fourth-order valence-electron chi connectivity index (χ4n) is 2.82. The third-order valence-electron chi connectivity index (χ3n) is 5.07. The zero-order valence-corrected chi connectivity index (χ0v) is 14.7. The van der Waals surface area contributed by atoms with Crippen molar-refractivity contribution in [3.8, 4) is 11.1 Å². The first kappa shape index (κ1) is 16.2. The van der Waals surface area contributed by atoms with Crippen LogP contribution in [0.2, 0.25) is 0 Å². The molecule has 1 saturated heterocycles. The first-order chi connectivity index (χ1) is 11.8. The van der Waals surface area contributed by atoms with Crippen LogP contribution in [0.3, 0.4) is 0 Å². The Morgan fingerprint density at radius 2 is 1.60 bits per heavy atom. The zero-order valence-electron chi connectivity index (χ0n) is 14.7. The summed E-state index contributed by atoms with van der Waals surface area (Å²) in [6.07, 6.45) is 5.34. The van der Waals surface area contributed by atoms with Gasteiger partial charge in [-0.3, -0.25) is 0 Å². The topological polar surface area (TPSA) is 48.7 Å². The molecule has 0 unspecified atom stereocenters. The molecule has 0 amide bonds. The van der Waals surface area contributed by atoms with Crippen LogP contribution in [0.25, 0.3) is 16.8 Å². The first-order valence-corrected chi connectivity index (χ1v) is 8.22. The summed E-state index contributed by atoms with van der Waals surface area (Å²) in [5.74, 6) is -0.264. The lowest BCUT2D eigenvalue weighted by Gasteiger charge is -2.32. The smallest absolute Gasteiger partial charge is 0.399 e. The van der Waals surface area contributed by atoms with Crippen LogP contribution >= 0.6 is 0 Å². The van der Waals surface area contributed by atoms with E-state index < -0.39 is 18.3 Å². The Bertz CT molecular complexity index is 921. The van der Waals surface area contributed by atoms with Crippen molar-refractivity contribution in [1.82, 2.24) is 14.6 Å². The van der Waals surface area contributed by atoms with Crippen molar-refractivity contribution >= 4 is 18.2 Å². The number of hydrogen-bond acceptors (Lipinski definition) is 4. The van der Waals surface area contributed by atoms with E-state index in [4.69, 9.17) is 9.31 Å². The lowest BCUT2D eigenvalue weighted by Crippen LogP contribution is -2.41. The third-order valence-corrected chi connectivity index (χ3v) is 5.07. The maximum Gasteiger partial charge on any atom is 0.500 e. The number of halogens is 1. The van der Waals surface area contributed by atoms with Crippen LogP contribution in [0, 0.1) is 5.82 Å². The highest BCUT2D eigenvalue weighted by molar-refractivity contribution is 6.64. The van der Waals surface area contributed by atoms with E-state index in [1.54, 1.807) is 29.0 Å². The molecule has 4 rings (SSSR count). The lowest BCUT2D eigenvalue weighted by molar-refractivity contribution is 0.00578. The van der Waals surface area contributed by atoms with E-state index >= 15 is 0 Å². The van der Waals surface area contributed by atoms with Gasteiger partial charge in [0.1, 0.15) is 5.82 Å². The molecule has 25 heavy (non-hydrogen) atoms. The van der Waals surface area contributed by atoms with Crippen LogP contribution in [0.5, 0.6) is 0 Å². The number of benzene rings is 1. The fraction of sp³-hybridized carbons (Fsp3) is 0.333. The van der Waals surface area contributed by atoms with Crippen molar-refractivity contribution in [2.75, 3.05) is 0 Å². The van der Waals surface area contributed by atoms with Gasteiger partial charge in [0, 0.05) is 23.4 Å². The maximum atomic E-state index is 13.1. The van der Waals surface area contributed by atoms with Crippen molar-refractivity contribution in [2.45, 2.75) is 38.9 Å². The fourth-order valence-corrected chi connectivity index (χ4v) is 2.82. The second-order valence-electron chi connectivity index (χ2n) is 7.31. The van der Waals surface area contributed by atoms with Gasteiger partial charge in [0.2, 0.25) is 0 Å². The molecular weight excluding hydrogens is 320 g/mol. The summed E-state index contributed by atoms with van der Waals surface area (Å²) in [5.41, 5.74) is 2.38. The summed E-state index contributed by atoms with van der Waals surface area (Å²) in [7, 11) is -0.508. The van der Waals surface area contributed by atoms with Gasteiger partial charge in [-0.05, 0) is 45.4 Å². The monoisotopic (exact) mass is 339 g/mol. The SMILES string of the molecule is CC1(C)OB(c2cnn3cc(-c4ccc(F)cc4)cnc23)OC1(C)C. The van der Waals surface area contributed by atoms with Gasteiger partial charge in [0.05, 0.1) is 17.4 Å². The van der Waals surface area contributed by atoms with Gasteiger partial charge >= 0.3 is 7.12 Å². The van der Waals surface area contributed by atoms with Crippen LogP contribution in [0.1, 0.15) is 27.7 Å².